The van der Waals surface area contributed by atoms with E-state index in [-0.39, 0.29) is 0 Å². The lowest BCUT2D eigenvalue weighted by molar-refractivity contribution is -0.139. The van der Waals surface area contributed by atoms with Gasteiger partial charge in [0, 0.05) is 23.9 Å². The second kappa shape index (κ2) is 7.22. The highest BCUT2D eigenvalue weighted by atomic mass is 16.5. The van der Waals surface area contributed by atoms with E-state index in [9.17, 15) is 9.59 Å². The van der Waals surface area contributed by atoms with Crippen molar-refractivity contribution in [2.75, 3.05) is 19.5 Å². The van der Waals surface area contributed by atoms with Crippen LogP contribution in [0.2, 0.25) is 0 Å². The fourth-order valence-electron chi connectivity index (χ4n) is 1.54. The first-order valence-electron chi connectivity index (χ1n) is 6.03. The number of hydrogen-bond donors (Lipinski definition) is 3. The molecular formula is C13H18N2O5. The van der Waals surface area contributed by atoms with Gasteiger partial charge in [-0.05, 0) is 6.42 Å². The van der Waals surface area contributed by atoms with Gasteiger partial charge < -0.3 is 25.2 Å². The molecule has 0 aliphatic heterocycles. The summed E-state index contributed by atoms with van der Waals surface area (Å²) in [6.07, 6.45) is 0.296. The molecule has 0 heterocycles. The first-order chi connectivity index (χ1) is 9.49. The molecular weight excluding hydrogens is 264 g/mol. The number of rotatable bonds is 6. The van der Waals surface area contributed by atoms with Crippen LogP contribution < -0.4 is 20.1 Å². The minimum Gasteiger partial charge on any atom is -0.497 e. The van der Waals surface area contributed by atoms with Crippen molar-refractivity contribution >= 4 is 17.7 Å². The number of carbonyl (C=O) groups is 2. The number of benzene rings is 1. The number of anilines is 1. The summed E-state index contributed by atoms with van der Waals surface area (Å²) in [4.78, 5) is 22.6. The number of methoxy groups -OCH3 is 2. The molecule has 20 heavy (non-hydrogen) atoms. The molecule has 0 saturated heterocycles. The molecule has 1 rings (SSSR count). The average molecular weight is 282 g/mol. The van der Waals surface area contributed by atoms with E-state index in [1.807, 2.05) is 0 Å². The van der Waals surface area contributed by atoms with E-state index in [0.29, 0.717) is 23.6 Å². The van der Waals surface area contributed by atoms with Crippen LogP contribution >= 0.6 is 0 Å². The number of urea groups is 1. The topological polar surface area (TPSA) is 96.9 Å². The second-order valence-electron chi connectivity index (χ2n) is 4.00. The van der Waals surface area contributed by atoms with Crippen LogP contribution in [0, 0.1) is 0 Å². The molecule has 0 spiro atoms. The highest BCUT2D eigenvalue weighted by molar-refractivity contribution is 5.92. The number of ether oxygens (including phenoxy) is 2. The van der Waals surface area contributed by atoms with Crippen molar-refractivity contribution in [2.45, 2.75) is 19.4 Å². The Morgan fingerprint density at radius 3 is 2.15 bits per heavy atom. The molecule has 7 heteroatoms. The van der Waals surface area contributed by atoms with Gasteiger partial charge in [-0.15, -0.1) is 0 Å². The van der Waals surface area contributed by atoms with E-state index in [0.717, 1.165) is 0 Å². The number of amides is 2. The zero-order valence-corrected chi connectivity index (χ0v) is 11.6. The van der Waals surface area contributed by atoms with E-state index >= 15 is 0 Å². The molecule has 110 valence electrons. The third kappa shape index (κ3) is 4.34. The van der Waals surface area contributed by atoms with Crippen LogP contribution in [-0.4, -0.2) is 37.4 Å². The molecule has 0 aliphatic rings. The van der Waals surface area contributed by atoms with Crippen molar-refractivity contribution in [3.63, 3.8) is 0 Å². The third-order valence-corrected chi connectivity index (χ3v) is 2.62. The van der Waals surface area contributed by atoms with Crippen molar-refractivity contribution < 1.29 is 24.2 Å². The summed E-state index contributed by atoms with van der Waals surface area (Å²) in [5, 5.41) is 13.8. The number of aliphatic carboxylic acids is 1. The Morgan fingerprint density at radius 2 is 1.75 bits per heavy atom. The van der Waals surface area contributed by atoms with E-state index in [1.54, 1.807) is 25.1 Å². The fraction of sp³-hybridized carbons (Fsp3) is 0.385. The van der Waals surface area contributed by atoms with E-state index in [2.05, 4.69) is 10.6 Å². The number of nitrogens with one attached hydrogen (secondary N) is 2. The van der Waals surface area contributed by atoms with Gasteiger partial charge in [0.2, 0.25) is 0 Å². The Morgan fingerprint density at radius 1 is 1.20 bits per heavy atom. The summed E-state index contributed by atoms with van der Waals surface area (Å²) >= 11 is 0. The summed E-state index contributed by atoms with van der Waals surface area (Å²) in [7, 11) is 2.99. The lowest BCUT2D eigenvalue weighted by Crippen LogP contribution is -2.42. The minimum atomic E-state index is -1.08. The van der Waals surface area contributed by atoms with Gasteiger partial charge >= 0.3 is 12.0 Å². The number of carboxylic acids is 1. The predicted molar refractivity (Wildman–Crippen MR) is 73.4 cm³/mol. The molecule has 1 atom stereocenters. The van der Waals surface area contributed by atoms with E-state index in [4.69, 9.17) is 14.6 Å². The molecule has 7 nitrogen and oxygen atoms in total. The monoisotopic (exact) mass is 282 g/mol. The van der Waals surface area contributed by atoms with Crippen LogP contribution in [0.15, 0.2) is 18.2 Å². The lowest BCUT2D eigenvalue weighted by atomic mass is 10.2. The Kier molecular flexibility index (Phi) is 5.64. The number of hydrogen-bond acceptors (Lipinski definition) is 4. The standard InChI is InChI=1S/C13H18N2O5/c1-4-11(12(16)17)15-13(18)14-8-5-9(19-2)7-10(6-8)20-3/h5-7,11H,4H2,1-3H3,(H,16,17)(H2,14,15,18)/t11-/m1/s1. The molecule has 3 N–H and O–H groups in total. The van der Waals surface area contributed by atoms with Crippen LogP contribution in [0.25, 0.3) is 0 Å². The molecule has 0 bridgehead atoms. The van der Waals surface area contributed by atoms with Gasteiger partial charge in [0.05, 0.1) is 14.2 Å². The summed E-state index contributed by atoms with van der Waals surface area (Å²) < 4.78 is 10.1. The fourth-order valence-corrected chi connectivity index (χ4v) is 1.54. The number of carbonyl (C=O) groups excluding carboxylic acids is 1. The Bertz CT molecular complexity index is 467. The molecule has 2 amide bonds. The van der Waals surface area contributed by atoms with Crippen LogP contribution in [0.1, 0.15) is 13.3 Å². The summed E-state index contributed by atoms with van der Waals surface area (Å²) in [6, 6.07) is 3.33. The van der Waals surface area contributed by atoms with Crippen LogP contribution in [-0.2, 0) is 4.79 Å². The first-order valence-corrected chi connectivity index (χ1v) is 6.03. The largest absolute Gasteiger partial charge is 0.497 e. The van der Waals surface area contributed by atoms with E-state index < -0.39 is 18.0 Å². The SMILES string of the molecule is CC[C@@H](NC(=O)Nc1cc(OC)cc(OC)c1)C(=O)O. The molecule has 0 saturated carbocycles. The Hall–Kier alpha value is -2.44. The zero-order valence-electron chi connectivity index (χ0n) is 11.6. The second-order valence-corrected chi connectivity index (χ2v) is 4.00. The molecule has 0 unspecified atom stereocenters. The first kappa shape index (κ1) is 15.6. The zero-order chi connectivity index (χ0) is 15.1. The van der Waals surface area contributed by atoms with Gasteiger partial charge in [0.25, 0.3) is 0 Å². The van der Waals surface area contributed by atoms with Gasteiger partial charge in [-0.1, -0.05) is 6.92 Å². The number of carboxylic acid groups (broad SMARTS) is 1. The third-order valence-electron chi connectivity index (χ3n) is 2.62. The highest BCUT2D eigenvalue weighted by Crippen LogP contribution is 2.25. The quantitative estimate of drug-likeness (QED) is 0.737. The highest BCUT2D eigenvalue weighted by Gasteiger charge is 2.17. The van der Waals surface area contributed by atoms with Crippen LogP contribution in [0.3, 0.4) is 0 Å². The van der Waals surface area contributed by atoms with Crippen molar-refractivity contribution in [2.24, 2.45) is 0 Å². The van der Waals surface area contributed by atoms with Crippen LogP contribution in [0.5, 0.6) is 11.5 Å². The predicted octanol–water partition coefficient (Wildman–Crippen LogP) is 1.69. The molecule has 0 radical (unpaired) electrons. The maximum Gasteiger partial charge on any atom is 0.326 e. The van der Waals surface area contributed by atoms with Crippen LogP contribution in [0.4, 0.5) is 10.5 Å². The Labute approximate surface area is 116 Å². The van der Waals surface area contributed by atoms with Gasteiger partial charge in [0.1, 0.15) is 17.5 Å². The van der Waals surface area contributed by atoms with E-state index in [1.165, 1.54) is 14.2 Å². The normalized spacial score (nSPS) is 11.3. The molecule has 1 aromatic carbocycles. The van der Waals surface area contributed by atoms with Crippen molar-refractivity contribution in [3.8, 4) is 11.5 Å². The average Bonchev–Trinajstić information content (AvgIpc) is 2.43. The summed E-state index contributed by atoms with van der Waals surface area (Å²) in [6.45, 7) is 1.67. The van der Waals surface area contributed by atoms with Gasteiger partial charge in [-0.25, -0.2) is 9.59 Å². The summed E-state index contributed by atoms with van der Waals surface area (Å²) in [5.74, 6) is -0.0410. The molecule has 0 aromatic heterocycles. The summed E-state index contributed by atoms with van der Waals surface area (Å²) in [5.41, 5.74) is 0.443. The maximum atomic E-state index is 11.7. The lowest BCUT2D eigenvalue weighted by Gasteiger charge is -2.14. The molecule has 1 aromatic rings. The van der Waals surface area contributed by atoms with Gasteiger partial charge in [-0.2, -0.15) is 0 Å². The van der Waals surface area contributed by atoms with Crippen molar-refractivity contribution in [3.05, 3.63) is 18.2 Å². The smallest absolute Gasteiger partial charge is 0.326 e. The molecule has 0 aliphatic carbocycles. The maximum absolute atomic E-state index is 11.7. The van der Waals surface area contributed by atoms with Gasteiger partial charge in [0.15, 0.2) is 0 Å². The minimum absolute atomic E-state index is 0.296. The van der Waals surface area contributed by atoms with Crippen molar-refractivity contribution in [1.29, 1.82) is 0 Å². The molecule has 0 fully saturated rings. The van der Waals surface area contributed by atoms with Crippen molar-refractivity contribution in [1.82, 2.24) is 5.32 Å². The van der Waals surface area contributed by atoms with Gasteiger partial charge in [-0.3, -0.25) is 0 Å². The Balaban J connectivity index is 2.77.